The largest absolute Gasteiger partial charge is 0.482 e. The fraction of sp³-hybridized carbons (Fsp3) is 0.286. The van der Waals surface area contributed by atoms with Crippen LogP contribution in [-0.4, -0.2) is 49.1 Å². The van der Waals surface area contributed by atoms with Crippen LogP contribution in [0.4, 0.5) is 0 Å². The highest BCUT2D eigenvalue weighted by Crippen LogP contribution is 2.15. The number of nitrogens with zero attached hydrogens (tertiary/aromatic N) is 1. The van der Waals surface area contributed by atoms with Crippen molar-refractivity contribution in [2.24, 2.45) is 5.10 Å². The fourth-order valence-electron chi connectivity index (χ4n) is 2.13. The lowest BCUT2D eigenvalue weighted by atomic mass is 10.2. The number of hydrazone groups is 1. The molecule has 2 aromatic rings. The van der Waals surface area contributed by atoms with E-state index < -0.39 is 5.97 Å². The quantitative estimate of drug-likeness (QED) is 0.220. The molecule has 160 valence electrons. The van der Waals surface area contributed by atoms with E-state index in [-0.39, 0.29) is 12.5 Å². The van der Waals surface area contributed by atoms with Gasteiger partial charge in [-0.2, -0.15) is 16.9 Å². The lowest BCUT2D eigenvalue weighted by Crippen LogP contribution is -2.19. The van der Waals surface area contributed by atoms with Crippen molar-refractivity contribution in [1.82, 2.24) is 5.43 Å². The molecule has 0 bridgehead atoms. The number of benzene rings is 2. The van der Waals surface area contributed by atoms with Crippen molar-refractivity contribution in [3.8, 4) is 5.75 Å². The number of carbonyl (C=O) groups excluding carboxylic acids is 2. The standard InChI is InChI=1S/C21H23ClN2O4S2/c1-29-11-10-27-21(26)13-28-19-8-4-16(5-9-19)12-23-24-20(25)15-30-14-17-2-6-18(22)7-3-17/h2-9,12H,10-11,13-15H2,1H3,(H,24,25)/b23-12-. The zero-order valence-electron chi connectivity index (χ0n) is 16.5. The third-order valence-electron chi connectivity index (χ3n) is 3.61. The van der Waals surface area contributed by atoms with Gasteiger partial charge >= 0.3 is 5.97 Å². The average Bonchev–Trinajstić information content (AvgIpc) is 2.75. The number of thioether (sulfide) groups is 2. The van der Waals surface area contributed by atoms with Gasteiger partial charge in [0.1, 0.15) is 12.4 Å². The Labute approximate surface area is 189 Å². The van der Waals surface area contributed by atoms with Crippen molar-refractivity contribution in [2.45, 2.75) is 5.75 Å². The average molecular weight is 467 g/mol. The molecule has 0 saturated heterocycles. The van der Waals surface area contributed by atoms with E-state index in [1.807, 2.05) is 30.5 Å². The zero-order chi connectivity index (χ0) is 21.6. The lowest BCUT2D eigenvalue weighted by molar-refractivity contribution is -0.145. The molecule has 0 unspecified atom stereocenters. The summed E-state index contributed by atoms with van der Waals surface area (Å²) in [7, 11) is 0. The monoisotopic (exact) mass is 466 g/mol. The number of amides is 1. The van der Waals surface area contributed by atoms with Crippen LogP contribution in [0, 0.1) is 0 Å². The molecule has 0 aliphatic carbocycles. The van der Waals surface area contributed by atoms with E-state index in [9.17, 15) is 9.59 Å². The molecule has 1 amide bonds. The zero-order valence-corrected chi connectivity index (χ0v) is 18.9. The molecule has 0 radical (unpaired) electrons. The molecule has 0 heterocycles. The van der Waals surface area contributed by atoms with Gasteiger partial charge in [-0.1, -0.05) is 23.7 Å². The van der Waals surface area contributed by atoms with Gasteiger partial charge in [0.15, 0.2) is 6.61 Å². The van der Waals surface area contributed by atoms with Crippen LogP contribution in [0.1, 0.15) is 11.1 Å². The van der Waals surface area contributed by atoms with Crippen molar-refractivity contribution in [2.75, 3.05) is 31.0 Å². The number of esters is 1. The van der Waals surface area contributed by atoms with Crippen LogP contribution in [0.25, 0.3) is 0 Å². The second-order valence-electron chi connectivity index (χ2n) is 5.98. The first-order chi connectivity index (χ1) is 14.6. The number of hydrogen-bond donors (Lipinski definition) is 1. The second kappa shape index (κ2) is 14.0. The summed E-state index contributed by atoms with van der Waals surface area (Å²) in [4.78, 5) is 23.4. The summed E-state index contributed by atoms with van der Waals surface area (Å²) < 4.78 is 10.4. The van der Waals surface area contributed by atoms with Gasteiger partial charge in [0.05, 0.1) is 12.0 Å². The Morgan fingerprint density at radius 3 is 2.57 bits per heavy atom. The maximum Gasteiger partial charge on any atom is 0.344 e. The molecule has 1 N–H and O–H groups in total. The molecule has 2 rings (SSSR count). The van der Waals surface area contributed by atoms with E-state index >= 15 is 0 Å². The van der Waals surface area contributed by atoms with Crippen LogP contribution in [0.5, 0.6) is 5.75 Å². The van der Waals surface area contributed by atoms with E-state index in [2.05, 4.69) is 10.5 Å². The Kier molecular flexibility index (Phi) is 11.2. The predicted octanol–water partition coefficient (Wildman–Crippen LogP) is 4.01. The summed E-state index contributed by atoms with van der Waals surface area (Å²) in [6, 6.07) is 14.5. The van der Waals surface area contributed by atoms with Gasteiger partial charge in [-0.25, -0.2) is 10.2 Å². The van der Waals surface area contributed by atoms with Crippen LogP contribution in [-0.2, 0) is 20.1 Å². The number of hydrogen-bond acceptors (Lipinski definition) is 7. The SMILES string of the molecule is CSCCOC(=O)COc1ccc(/C=N\NC(=O)CSCc2ccc(Cl)cc2)cc1. The fourth-order valence-corrected chi connectivity index (χ4v) is 3.28. The third kappa shape index (κ3) is 10.0. The molecular weight excluding hydrogens is 444 g/mol. The first-order valence-electron chi connectivity index (χ1n) is 9.08. The maximum absolute atomic E-state index is 11.8. The molecule has 0 aliphatic heterocycles. The molecule has 0 fully saturated rings. The minimum atomic E-state index is -0.397. The van der Waals surface area contributed by atoms with Gasteiger partial charge in [0.25, 0.3) is 0 Å². The summed E-state index contributed by atoms with van der Waals surface area (Å²) in [6.07, 6.45) is 3.49. The van der Waals surface area contributed by atoms with Crippen LogP contribution in [0.15, 0.2) is 53.6 Å². The smallest absolute Gasteiger partial charge is 0.344 e. The van der Waals surface area contributed by atoms with Crippen LogP contribution >= 0.6 is 35.1 Å². The van der Waals surface area contributed by atoms with E-state index in [0.717, 1.165) is 22.6 Å². The maximum atomic E-state index is 11.8. The first-order valence-corrected chi connectivity index (χ1v) is 12.0. The molecule has 30 heavy (non-hydrogen) atoms. The van der Waals surface area contributed by atoms with Crippen molar-refractivity contribution in [3.05, 3.63) is 64.7 Å². The van der Waals surface area contributed by atoms with Gasteiger partial charge in [-0.05, 0) is 53.8 Å². The third-order valence-corrected chi connectivity index (χ3v) is 5.44. The van der Waals surface area contributed by atoms with Gasteiger partial charge < -0.3 is 9.47 Å². The minimum absolute atomic E-state index is 0.133. The molecular formula is C21H23ClN2O4S2. The van der Waals surface area contributed by atoms with Crippen molar-refractivity contribution in [3.63, 3.8) is 0 Å². The number of nitrogens with one attached hydrogen (secondary N) is 1. The van der Waals surface area contributed by atoms with Crippen molar-refractivity contribution >= 4 is 53.2 Å². The Morgan fingerprint density at radius 1 is 1.13 bits per heavy atom. The number of ether oxygens (including phenoxy) is 2. The van der Waals surface area contributed by atoms with Crippen molar-refractivity contribution < 1.29 is 19.1 Å². The second-order valence-corrected chi connectivity index (χ2v) is 8.39. The molecule has 2 aromatic carbocycles. The van der Waals surface area contributed by atoms with Gasteiger partial charge in [0, 0.05) is 16.5 Å². The Balaban J connectivity index is 1.64. The van der Waals surface area contributed by atoms with Crippen LogP contribution in [0.3, 0.4) is 0 Å². The van der Waals surface area contributed by atoms with E-state index in [1.54, 1.807) is 42.2 Å². The Hall–Kier alpha value is -2.16. The minimum Gasteiger partial charge on any atom is -0.482 e. The summed E-state index contributed by atoms with van der Waals surface area (Å²) >= 11 is 8.96. The highest BCUT2D eigenvalue weighted by Gasteiger charge is 2.04. The molecule has 9 heteroatoms. The molecule has 0 aliphatic rings. The molecule has 0 saturated carbocycles. The van der Waals surface area contributed by atoms with E-state index in [0.29, 0.717) is 23.1 Å². The summed E-state index contributed by atoms with van der Waals surface area (Å²) in [6.45, 7) is 0.246. The molecule has 0 aromatic heterocycles. The van der Waals surface area contributed by atoms with Gasteiger partial charge in [0.2, 0.25) is 5.91 Å². The van der Waals surface area contributed by atoms with E-state index in [4.69, 9.17) is 21.1 Å². The van der Waals surface area contributed by atoms with Gasteiger partial charge in [-0.3, -0.25) is 4.79 Å². The molecule has 6 nitrogen and oxygen atoms in total. The van der Waals surface area contributed by atoms with Gasteiger partial charge in [-0.15, -0.1) is 11.8 Å². The molecule has 0 atom stereocenters. The lowest BCUT2D eigenvalue weighted by Gasteiger charge is -2.06. The Morgan fingerprint density at radius 2 is 1.87 bits per heavy atom. The highest BCUT2D eigenvalue weighted by atomic mass is 35.5. The number of halogens is 1. The normalized spacial score (nSPS) is 10.7. The van der Waals surface area contributed by atoms with Crippen LogP contribution < -0.4 is 10.2 Å². The van der Waals surface area contributed by atoms with Crippen molar-refractivity contribution in [1.29, 1.82) is 0 Å². The Bertz CT molecular complexity index is 830. The summed E-state index contributed by atoms with van der Waals surface area (Å²) in [5, 5.41) is 4.65. The highest BCUT2D eigenvalue weighted by molar-refractivity contribution is 7.99. The summed E-state index contributed by atoms with van der Waals surface area (Å²) in [5.41, 5.74) is 4.40. The number of rotatable bonds is 12. The first kappa shape index (κ1) is 24.1. The summed E-state index contributed by atoms with van der Waals surface area (Å²) in [5.74, 6) is 1.77. The predicted molar refractivity (Wildman–Crippen MR) is 125 cm³/mol. The molecule has 0 spiro atoms. The number of carbonyl (C=O) groups is 2. The van der Waals surface area contributed by atoms with Crippen LogP contribution in [0.2, 0.25) is 5.02 Å². The van der Waals surface area contributed by atoms with E-state index in [1.165, 1.54) is 11.8 Å². The topological polar surface area (TPSA) is 77.0 Å².